The summed E-state index contributed by atoms with van der Waals surface area (Å²) in [7, 11) is 0. The minimum atomic E-state index is -0.362. The van der Waals surface area contributed by atoms with Crippen molar-refractivity contribution >= 4 is 17.5 Å². The Bertz CT molecular complexity index is 264. The lowest BCUT2D eigenvalue weighted by atomic mass is 9.93. The Balaban J connectivity index is 1.94. The van der Waals surface area contributed by atoms with Gasteiger partial charge in [-0.15, -0.1) is 11.6 Å². The molecule has 2 atom stereocenters. The van der Waals surface area contributed by atoms with Gasteiger partial charge in [-0.3, -0.25) is 4.79 Å². The molecule has 0 radical (unpaired) electrons. The van der Waals surface area contributed by atoms with Crippen LogP contribution in [0, 0.1) is 0 Å². The van der Waals surface area contributed by atoms with Gasteiger partial charge in [0.2, 0.25) is 5.91 Å². The molecule has 2 saturated heterocycles. The Morgan fingerprint density at radius 1 is 1.50 bits per heavy atom. The Hall–Kier alpha value is -0.280. The van der Waals surface area contributed by atoms with Crippen molar-refractivity contribution in [3.8, 4) is 0 Å². The molecule has 2 heterocycles. The van der Waals surface area contributed by atoms with Gasteiger partial charge in [-0.05, 0) is 32.1 Å². The quantitative estimate of drug-likeness (QED) is 0.698. The molecule has 2 aliphatic rings. The number of halogens is 1. The molecule has 92 valence electrons. The van der Waals surface area contributed by atoms with E-state index in [1.165, 1.54) is 6.42 Å². The summed E-state index contributed by atoms with van der Waals surface area (Å²) < 4.78 is 5.88. The third-order valence-corrected chi connectivity index (χ3v) is 4.18. The highest BCUT2D eigenvalue weighted by Gasteiger charge is 2.42. The molecule has 4 heteroatoms. The lowest BCUT2D eigenvalue weighted by molar-refractivity contribution is -0.132. The number of ether oxygens (including phenoxy) is 1. The van der Waals surface area contributed by atoms with Gasteiger partial charge in [0, 0.05) is 19.7 Å². The van der Waals surface area contributed by atoms with Gasteiger partial charge in [0.15, 0.2) is 0 Å². The number of likely N-dealkylation sites (tertiary alicyclic amines) is 1. The molecule has 2 fully saturated rings. The SMILES string of the molecule is CC[C@@H](Cl)C(=O)N1CC[C@]2(CCCCO2)C1. The van der Waals surface area contributed by atoms with Crippen molar-refractivity contribution < 1.29 is 9.53 Å². The van der Waals surface area contributed by atoms with E-state index in [0.29, 0.717) is 6.42 Å². The van der Waals surface area contributed by atoms with E-state index in [4.69, 9.17) is 16.3 Å². The summed E-state index contributed by atoms with van der Waals surface area (Å²) in [5, 5.41) is -0.362. The van der Waals surface area contributed by atoms with E-state index in [2.05, 4.69) is 0 Å². The Morgan fingerprint density at radius 2 is 2.31 bits per heavy atom. The highest BCUT2D eigenvalue weighted by atomic mass is 35.5. The number of hydrogen-bond acceptors (Lipinski definition) is 2. The van der Waals surface area contributed by atoms with Crippen LogP contribution >= 0.6 is 11.6 Å². The first kappa shape index (κ1) is 12.2. The summed E-state index contributed by atoms with van der Waals surface area (Å²) >= 11 is 5.99. The summed E-state index contributed by atoms with van der Waals surface area (Å²) in [4.78, 5) is 13.8. The fourth-order valence-corrected chi connectivity index (χ4v) is 2.78. The maximum Gasteiger partial charge on any atom is 0.240 e. The molecule has 0 N–H and O–H groups in total. The van der Waals surface area contributed by atoms with Gasteiger partial charge in [0.1, 0.15) is 5.38 Å². The Labute approximate surface area is 102 Å². The third-order valence-electron chi connectivity index (χ3n) is 3.69. The topological polar surface area (TPSA) is 29.5 Å². The van der Waals surface area contributed by atoms with E-state index in [0.717, 1.165) is 39.0 Å². The summed E-state index contributed by atoms with van der Waals surface area (Å²) in [6.07, 6.45) is 5.15. The molecule has 2 rings (SSSR count). The highest BCUT2D eigenvalue weighted by Crippen LogP contribution is 2.34. The van der Waals surface area contributed by atoms with Crippen molar-refractivity contribution in [3.63, 3.8) is 0 Å². The fraction of sp³-hybridized carbons (Fsp3) is 0.917. The summed E-state index contributed by atoms with van der Waals surface area (Å²) in [6, 6.07) is 0. The minimum Gasteiger partial charge on any atom is -0.373 e. The smallest absolute Gasteiger partial charge is 0.240 e. The Kier molecular flexibility index (Phi) is 3.75. The largest absolute Gasteiger partial charge is 0.373 e. The van der Waals surface area contributed by atoms with E-state index < -0.39 is 0 Å². The van der Waals surface area contributed by atoms with Crippen LogP contribution in [0.15, 0.2) is 0 Å². The van der Waals surface area contributed by atoms with Crippen LogP contribution in [0.25, 0.3) is 0 Å². The van der Waals surface area contributed by atoms with Crippen molar-refractivity contribution in [3.05, 3.63) is 0 Å². The van der Waals surface area contributed by atoms with Crippen LogP contribution in [0.3, 0.4) is 0 Å². The summed E-state index contributed by atoms with van der Waals surface area (Å²) in [5.74, 6) is 0.0789. The molecule has 0 aliphatic carbocycles. The van der Waals surface area contributed by atoms with Crippen LogP contribution in [0.2, 0.25) is 0 Å². The van der Waals surface area contributed by atoms with Gasteiger partial charge in [-0.1, -0.05) is 6.92 Å². The molecular formula is C12H20ClNO2. The summed E-state index contributed by atoms with van der Waals surface area (Å²) in [6.45, 7) is 4.34. The lowest BCUT2D eigenvalue weighted by Gasteiger charge is -2.33. The molecule has 3 nitrogen and oxygen atoms in total. The second kappa shape index (κ2) is 4.92. The van der Waals surface area contributed by atoms with E-state index in [9.17, 15) is 4.79 Å². The number of rotatable bonds is 2. The fourth-order valence-electron chi connectivity index (χ4n) is 2.64. The first-order valence-electron chi connectivity index (χ1n) is 6.24. The van der Waals surface area contributed by atoms with Crippen LogP contribution in [-0.2, 0) is 9.53 Å². The number of nitrogens with zero attached hydrogens (tertiary/aromatic N) is 1. The number of amides is 1. The van der Waals surface area contributed by atoms with Crippen molar-refractivity contribution in [2.45, 2.75) is 50.0 Å². The predicted octanol–water partition coefficient (Wildman–Crippen LogP) is 2.18. The number of hydrogen-bond donors (Lipinski definition) is 0. The van der Waals surface area contributed by atoms with Crippen LogP contribution in [0.1, 0.15) is 39.0 Å². The van der Waals surface area contributed by atoms with E-state index >= 15 is 0 Å². The number of carbonyl (C=O) groups excluding carboxylic acids is 1. The molecule has 2 aliphatic heterocycles. The molecule has 16 heavy (non-hydrogen) atoms. The van der Waals surface area contributed by atoms with Crippen LogP contribution in [0.5, 0.6) is 0 Å². The van der Waals surface area contributed by atoms with Gasteiger partial charge in [0.05, 0.1) is 5.60 Å². The van der Waals surface area contributed by atoms with Gasteiger partial charge in [-0.25, -0.2) is 0 Å². The predicted molar refractivity (Wildman–Crippen MR) is 63.7 cm³/mol. The average Bonchev–Trinajstić information content (AvgIpc) is 2.72. The van der Waals surface area contributed by atoms with E-state index in [-0.39, 0.29) is 16.9 Å². The average molecular weight is 246 g/mol. The molecule has 0 saturated carbocycles. The third kappa shape index (κ3) is 2.35. The van der Waals surface area contributed by atoms with E-state index in [1.807, 2.05) is 11.8 Å². The normalized spacial score (nSPS) is 32.0. The second-order valence-electron chi connectivity index (χ2n) is 4.87. The molecule has 1 spiro atoms. The molecular weight excluding hydrogens is 226 g/mol. The van der Waals surface area contributed by atoms with Crippen molar-refractivity contribution in [1.82, 2.24) is 4.90 Å². The molecule has 1 amide bonds. The Morgan fingerprint density at radius 3 is 2.94 bits per heavy atom. The first-order chi connectivity index (χ1) is 7.67. The van der Waals surface area contributed by atoms with Gasteiger partial charge < -0.3 is 9.64 Å². The van der Waals surface area contributed by atoms with Gasteiger partial charge >= 0.3 is 0 Å². The second-order valence-corrected chi connectivity index (χ2v) is 5.40. The molecule has 0 aromatic heterocycles. The molecule has 0 aromatic rings. The maximum atomic E-state index is 11.9. The summed E-state index contributed by atoms with van der Waals surface area (Å²) in [5.41, 5.74) is -0.0434. The first-order valence-corrected chi connectivity index (χ1v) is 6.67. The van der Waals surface area contributed by atoms with E-state index in [1.54, 1.807) is 0 Å². The van der Waals surface area contributed by atoms with Crippen LogP contribution in [0.4, 0.5) is 0 Å². The van der Waals surface area contributed by atoms with Gasteiger partial charge in [-0.2, -0.15) is 0 Å². The molecule has 0 aromatic carbocycles. The zero-order valence-electron chi connectivity index (χ0n) is 9.88. The zero-order chi connectivity index (χ0) is 11.6. The zero-order valence-corrected chi connectivity index (χ0v) is 10.6. The van der Waals surface area contributed by atoms with Crippen molar-refractivity contribution in [1.29, 1.82) is 0 Å². The minimum absolute atomic E-state index is 0.0434. The standard InChI is InChI=1S/C12H20ClNO2/c1-2-10(13)11(15)14-7-6-12(9-14)5-3-4-8-16-12/h10H,2-9H2,1H3/t10-,12-/m1/s1. The van der Waals surface area contributed by atoms with Crippen LogP contribution < -0.4 is 0 Å². The van der Waals surface area contributed by atoms with Crippen LogP contribution in [-0.4, -0.2) is 41.5 Å². The monoisotopic (exact) mass is 245 g/mol. The lowest BCUT2D eigenvalue weighted by Crippen LogP contribution is -2.42. The molecule has 0 unspecified atom stereocenters. The maximum absolute atomic E-state index is 11.9. The number of alkyl halides is 1. The van der Waals surface area contributed by atoms with Crippen molar-refractivity contribution in [2.75, 3.05) is 19.7 Å². The molecule has 0 bridgehead atoms. The number of carbonyl (C=O) groups is 1. The highest BCUT2D eigenvalue weighted by molar-refractivity contribution is 6.30. The van der Waals surface area contributed by atoms with Gasteiger partial charge in [0.25, 0.3) is 0 Å². The van der Waals surface area contributed by atoms with Crippen molar-refractivity contribution in [2.24, 2.45) is 0 Å².